The molecule has 1 fully saturated rings. The van der Waals surface area contributed by atoms with Crippen molar-refractivity contribution in [3.8, 4) is 21.8 Å². The minimum atomic E-state index is 0.0341. The standard InChI is InChI=1S/C21H21N3O2S/c25-20(23-13-18-2-1-11-26-18)12-15-3-5-16(6-4-15)19-14-27-21(24-19)17-7-9-22-10-8-17/h3-10,14,18H,1-2,11-13H2,(H,23,25)/t18-/m0/s1. The highest BCUT2D eigenvalue weighted by Gasteiger charge is 2.16. The van der Waals surface area contributed by atoms with Crippen molar-refractivity contribution in [1.29, 1.82) is 0 Å². The number of hydrogen-bond donors (Lipinski definition) is 1. The molecule has 6 heteroatoms. The number of amides is 1. The van der Waals surface area contributed by atoms with Gasteiger partial charge in [0, 0.05) is 42.1 Å². The van der Waals surface area contributed by atoms with Crippen molar-refractivity contribution in [2.75, 3.05) is 13.2 Å². The molecule has 4 rings (SSSR count). The van der Waals surface area contributed by atoms with Crippen LogP contribution >= 0.6 is 11.3 Å². The molecule has 1 amide bonds. The van der Waals surface area contributed by atoms with E-state index < -0.39 is 0 Å². The summed E-state index contributed by atoms with van der Waals surface area (Å²) < 4.78 is 5.53. The van der Waals surface area contributed by atoms with E-state index in [1.54, 1.807) is 23.7 Å². The van der Waals surface area contributed by atoms with Crippen molar-refractivity contribution in [2.45, 2.75) is 25.4 Å². The summed E-state index contributed by atoms with van der Waals surface area (Å²) >= 11 is 1.62. The van der Waals surface area contributed by atoms with Crippen molar-refractivity contribution in [3.05, 3.63) is 59.7 Å². The van der Waals surface area contributed by atoms with Gasteiger partial charge in [-0.15, -0.1) is 11.3 Å². The van der Waals surface area contributed by atoms with Crippen LogP contribution in [0.2, 0.25) is 0 Å². The minimum absolute atomic E-state index is 0.0341. The Bertz CT molecular complexity index is 887. The van der Waals surface area contributed by atoms with Gasteiger partial charge in [0.05, 0.1) is 18.2 Å². The van der Waals surface area contributed by atoms with Gasteiger partial charge in [0.15, 0.2) is 0 Å². The molecule has 1 saturated heterocycles. The molecule has 5 nitrogen and oxygen atoms in total. The van der Waals surface area contributed by atoms with Crippen LogP contribution in [0.15, 0.2) is 54.2 Å². The van der Waals surface area contributed by atoms with Crippen LogP contribution in [0.25, 0.3) is 21.8 Å². The van der Waals surface area contributed by atoms with E-state index in [1.807, 2.05) is 36.4 Å². The van der Waals surface area contributed by atoms with Gasteiger partial charge in [0.2, 0.25) is 5.91 Å². The molecule has 0 radical (unpaired) electrons. The lowest BCUT2D eigenvalue weighted by Crippen LogP contribution is -2.32. The first-order chi connectivity index (χ1) is 13.3. The molecule has 0 spiro atoms. The summed E-state index contributed by atoms with van der Waals surface area (Å²) in [5.41, 5.74) is 4.06. The number of ether oxygens (including phenoxy) is 1. The maximum Gasteiger partial charge on any atom is 0.224 e. The van der Waals surface area contributed by atoms with Crippen LogP contribution < -0.4 is 5.32 Å². The van der Waals surface area contributed by atoms with Crippen LogP contribution in [0.5, 0.6) is 0 Å². The van der Waals surface area contributed by atoms with Crippen LogP contribution in [-0.4, -0.2) is 35.1 Å². The maximum atomic E-state index is 12.1. The van der Waals surface area contributed by atoms with E-state index >= 15 is 0 Å². The number of nitrogens with one attached hydrogen (secondary N) is 1. The van der Waals surface area contributed by atoms with Crippen molar-refractivity contribution in [1.82, 2.24) is 15.3 Å². The molecule has 1 aliphatic rings. The molecule has 0 bridgehead atoms. The monoisotopic (exact) mass is 379 g/mol. The molecule has 3 heterocycles. The first-order valence-electron chi connectivity index (χ1n) is 9.11. The predicted octanol–water partition coefficient (Wildman–Crippen LogP) is 3.71. The summed E-state index contributed by atoms with van der Waals surface area (Å²) in [7, 11) is 0. The molecule has 1 N–H and O–H groups in total. The fraction of sp³-hybridized carbons (Fsp3) is 0.286. The topological polar surface area (TPSA) is 64.1 Å². The fourth-order valence-electron chi connectivity index (χ4n) is 3.11. The lowest BCUT2D eigenvalue weighted by molar-refractivity contribution is -0.120. The van der Waals surface area contributed by atoms with Crippen molar-refractivity contribution in [3.63, 3.8) is 0 Å². The Morgan fingerprint density at radius 3 is 2.70 bits per heavy atom. The molecule has 1 aliphatic heterocycles. The Balaban J connectivity index is 1.36. The van der Waals surface area contributed by atoms with E-state index in [9.17, 15) is 4.79 Å². The highest BCUT2D eigenvalue weighted by molar-refractivity contribution is 7.13. The third kappa shape index (κ3) is 4.59. The predicted molar refractivity (Wildman–Crippen MR) is 106 cm³/mol. The van der Waals surface area contributed by atoms with E-state index in [0.717, 1.165) is 46.8 Å². The Kier molecular flexibility index (Phi) is 5.55. The lowest BCUT2D eigenvalue weighted by Gasteiger charge is -2.10. The smallest absolute Gasteiger partial charge is 0.224 e. The number of hydrogen-bond acceptors (Lipinski definition) is 5. The number of nitrogens with zero attached hydrogens (tertiary/aromatic N) is 2. The number of aromatic nitrogens is 2. The van der Waals surface area contributed by atoms with Crippen molar-refractivity contribution >= 4 is 17.2 Å². The molecule has 3 aromatic rings. The Morgan fingerprint density at radius 1 is 1.15 bits per heavy atom. The SMILES string of the molecule is O=C(Cc1ccc(-c2csc(-c3ccncc3)n2)cc1)NC[C@@H]1CCCO1. The second-order valence-electron chi connectivity index (χ2n) is 6.59. The zero-order valence-corrected chi connectivity index (χ0v) is 15.7. The molecular formula is C21H21N3O2S. The highest BCUT2D eigenvalue weighted by atomic mass is 32.1. The molecule has 0 aliphatic carbocycles. The third-order valence-corrected chi connectivity index (χ3v) is 5.49. The highest BCUT2D eigenvalue weighted by Crippen LogP contribution is 2.28. The van der Waals surface area contributed by atoms with Crippen LogP contribution in [0.1, 0.15) is 18.4 Å². The van der Waals surface area contributed by atoms with E-state index in [4.69, 9.17) is 9.72 Å². The largest absolute Gasteiger partial charge is 0.376 e. The van der Waals surface area contributed by atoms with Gasteiger partial charge in [0.25, 0.3) is 0 Å². The van der Waals surface area contributed by atoms with Gasteiger partial charge in [-0.2, -0.15) is 0 Å². The van der Waals surface area contributed by atoms with E-state index in [0.29, 0.717) is 13.0 Å². The second kappa shape index (κ2) is 8.41. The lowest BCUT2D eigenvalue weighted by atomic mass is 10.1. The van der Waals surface area contributed by atoms with Gasteiger partial charge >= 0.3 is 0 Å². The molecule has 138 valence electrons. The molecule has 1 atom stereocenters. The fourth-order valence-corrected chi connectivity index (χ4v) is 3.94. The summed E-state index contributed by atoms with van der Waals surface area (Å²) in [6.45, 7) is 1.41. The number of benzene rings is 1. The van der Waals surface area contributed by atoms with Gasteiger partial charge in [-0.05, 0) is 30.5 Å². The zero-order valence-electron chi connectivity index (χ0n) is 14.9. The van der Waals surface area contributed by atoms with Crippen molar-refractivity contribution < 1.29 is 9.53 Å². The van der Waals surface area contributed by atoms with Crippen LogP contribution in [-0.2, 0) is 16.0 Å². The van der Waals surface area contributed by atoms with E-state index in [-0.39, 0.29) is 12.0 Å². The molecule has 1 aromatic carbocycles. The molecule has 2 aromatic heterocycles. The van der Waals surface area contributed by atoms with Crippen molar-refractivity contribution in [2.24, 2.45) is 0 Å². The van der Waals surface area contributed by atoms with Crippen LogP contribution in [0.4, 0.5) is 0 Å². The first kappa shape index (κ1) is 17.8. The number of carbonyl (C=O) groups excluding carboxylic acids is 1. The Labute approximate surface area is 162 Å². The first-order valence-corrected chi connectivity index (χ1v) is 9.99. The summed E-state index contributed by atoms with van der Waals surface area (Å²) in [6.07, 6.45) is 6.22. The van der Waals surface area contributed by atoms with E-state index in [2.05, 4.69) is 15.7 Å². The van der Waals surface area contributed by atoms with Crippen LogP contribution in [0, 0.1) is 0 Å². The number of thiazole rings is 1. The Morgan fingerprint density at radius 2 is 1.96 bits per heavy atom. The van der Waals surface area contributed by atoms with Gasteiger partial charge in [-0.1, -0.05) is 24.3 Å². The van der Waals surface area contributed by atoms with Gasteiger partial charge in [-0.25, -0.2) is 4.98 Å². The number of pyridine rings is 1. The minimum Gasteiger partial charge on any atom is -0.376 e. The summed E-state index contributed by atoms with van der Waals surface area (Å²) in [5, 5.41) is 5.99. The average Bonchev–Trinajstić information content (AvgIpc) is 3.40. The van der Waals surface area contributed by atoms with Gasteiger partial charge in [0.1, 0.15) is 5.01 Å². The molecule has 0 unspecified atom stereocenters. The number of carbonyl (C=O) groups is 1. The quantitative estimate of drug-likeness (QED) is 0.709. The number of rotatable bonds is 6. The third-order valence-electron chi connectivity index (χ3n) is 4.60. The van der Waals surface area contributed by atoms with E-state index in [1.165, 1.54) is 0 Å². The van der Waals surface area contributed by atoms with Gasteiger partial charge < -0.3 is 10.1 Å². The molecule has 0 saturated carbocycles. The average molecular weight is 379 g/mol. The second-order valence-corrected chi connectivity index (χ2v) is 7.44. The maximum absolute atomic E-state index is 12.1. The molecule has 27 heavy (non-hydrogen) atoms. The summed E-state index contributed by atoms with van der Waals surface area (Å²) in [4.78, 5) is 20.9. The summed E-state index contributed by atoms with van der Waals surface area (Å²) in [6, 6.07) is 11.9. The zero-order chi connectivity index (χ0) is 18.5. The Hall–Kier alpha value is -2.57. The van der Waals surface area contributed by atoms with Gasteiger partial charge in [-0.3, -0.25) is 9.78 Å². The summed E-state index contributed by atoms with van der Waals surface area (Å²) in [5.74, 6) is 0.0341. The van der Waals surface area contributed by atoms with Crippen LogP contribution in [0.3, 0.4) is 0 Å². The molecular weight excluding hydrogens is 358 g/mol. The normalized spacial score (nSPS) is 16.4.